The number of fused-ring (bicyclic) bond motifs is 1. The van der Waals surface area contributed by atoms with Gasteiger partial charge in [-0.25, -0.2) is 14.4 Å². The molecule has 2 fully saturated rings. The molecule has 12 heteroatoms. The number of anilines is 2. The summed E-state index contributed by atoms with van der Waals surface area (Å²) >= 11 is 0. The summed E-state index contributed by atoms with van der Waals surface area (Å²) in [5.41, 5.74) is -0.377. The molecule has 1 saturated carbocycles. The second-order valence-corrected chi connectivity index (χ2v) is 9.63. The van der Waals surface area contributed by atoms with Gasteiger partial charge in [-0.1, -0.05) is 0 Å². The van der Waals surface area contributed by atoms with Crippen molar-refractivity contribution in [1.29, 1.82) is 0 Å². The Balaban J connectivity index is 1.35. The number of ether oxygens (including phenoxy) is 1. The summed E-state index contributed by atoms with van der Waals surface area (Å²) in [6, 6.07) is 3.13. The highest BCUT2D eigenvalue weighted by atomic mass is 19.4. The van der Waals surface area contributed by atoms with Gasteiger partial charge in [0.15, 0.2) is 11.6 Å². The summed E-state index contributed by atoms with van der Waals surface area (Å²) in [4.78, 5) is 10.6. The fraction of sp³-hybridized carbons (Fsp3) is 0.560. The Kier molecular flexibility index (Phi) is 7.11. The molecule has 1 aliphatic heterocycles. The van der Waals surface area contributed by atoms with Crippen LogP contribution in [0.15, 0.2) is 24.5 Å². The molecule has 5 rings (SSSR count). The van der Waals surface area contributed by atoms with E-state index in [2.05, 4.69) is 30.2 Å². The Morgan fingerprint density at radius 3 is 2.59 bits per heavy atom. The highest BCUT2D eigenvalue weighted by molar-refractivity contribution is 5.91. The Morgan fingerprint density at radius 1 is 1.14 bits per heavy atom. The van der Waals surface area contributed by atoms with E-state index in [9.17, 15) is 17.6 Å². The molecule has 0 spiro atoms. The van der Waals surface area contributed by atoms with E-state index in [1.165, 1.54) is 0 Å². The van der Waals surface area contributed by atoms with Crippen LogP contribution < -0.4 is 20.3 Å². The molecule has 0 amide bonds. The summed E-state index contributed by atoms with van der Waals surface area (Å²) < 4.78 is 61.2. The number of nitrogens with one attached hydrogen (secondary N) is 2. The minimum atomic E-state index is -4.80. The molecule has 2 aliphatic rings. The standard InChI is InChI=1S/C25H31F4N7O/c1-3-31-21-12-20-18(13-33-21)23(35-11-9-15(14-35)30-2)34-36(20)16-4-6-17(7-5-16)37-24-22(26)19(8-10-32-24)25(27,28)29/h8,10,12-13,15-17,30H,3-7,9,11,14H2,1-2H3,(H,31,33)/t15-,16?,17?/m1/s1. The quantitative estimate of drug-likeness (QED) is 0.434. The van der Waals surface area contributed by atoms with Gasteiger partial charge < -0.3 is 20.3 Å². The van der Waals surface area contributed by atoms with Crippen LogP contribution in [0, 0.1) is 5.82 Å². The van der Waals surface area contributed by atoms with Crippen LogP contribution >= 0.6 is 0 Å². The van der Waals surface area contributed by atoms with Crippen molar-refractivity contribution in [2.75, 3.05) is 36.9 Å². The highest BCUT2D eigenvalue weighted by Crippen LogP contribution is 2.38. The molecule has 8 nitrogen and oxygen atoms in total. The van der Waals surface area contributed by atoms with Crippen LogP contribution in [-0.2, 0) is 6.18 Å². The van der Waals surface area contributed by atoms with Gasteiger partial charge in [0.2, 0.25) is 0 Å². The van der Waals surface area contributed by atoms with Crippen LogP contribution in [-0.4, -0.2) is 58.6 Å². The molecule has 2 N–H and O–H groups in total. The number of aromatic nitrogens is 4. The zero-order valence-corrected chi connectivity index (χ0v) is 20.9. The number of rotatable bonds is 7. The number of alkyl halides is 3. The SMILES string of the molecule is CCNc1cc2c(cn1)c(N1CC[C@@H](NC)C1)nn2C1CCC(Oc2nccc(C(F)(F)F)c2F)CC1. The number of nitrogens with zero attached hydrogens (tertiary/aromatic N) is 5. The maximum absolute atomic E-state index is 14.4. The van der Waals surface area contributed by atoms with Crippen molar-refractivity contribution >= 4 is 22.5 Å². The van der Waals surface area contributed by atoms with E-state index in [0.29, 0.717) is 37.8 Å². The number of likely N-dealkylation sites (N-methyl/N-ethyl adjacent to an activating group) is 1. The minimum Gasteiger partial charge on any atom is -0.472 e. The van der Waals surface area contributed by atoms with E-state index < -0.39 is 29.5 Å². The van der Waals surface area contributed by atoms with Gasteiger partial charge in [0.1, 0.15) is 11.9 Å². The molecule has 1 aliphatic carbocycles. The zero-order chi connectivity index (χ0) is 26.2. The first-order valence-electron chi connectivity index (χ1n) is 12.7. The molecule has 0 bridgehead atoms. The second-order valence-electron chi connectivity index (χ2n) is 9.63. The smallest absolute Gasteiger partial charge is 0.419 e. The molecule has 1 atom stereocenters. The average molecular weight is 522 g/mol. The predicted octanol–water partition coefficient (Wildman–Crippen LogP) is 4.78. The summed E-state index contributed by atoms with van der Waals surface area (Å²) in [5, 5.41) is 12.6. The summed E-state index contributed by atoms with van der Waals surface area (Å²) in [7, 11) is 1.97. The molecule has 37 heavy (non-hydrogen) atoms. The Morgan fingerprint density at radius 2 is 1.92 bits per heavy atom. The monoisotopic (exact) mass is 521 g/mol. The van der Waals surface area contributed by atoms with Crippen LogP contribution in [0.5, 0.6) is 5.88 Å². The van der Waals surface area contributed by atoms with E-state index in [0.717, 1.165) is 54.8 Å². The third-order valence-corrected chi connectivity index (χ3v) is 7.26. The van der Waals surface area contributed by atoms with Gasteiger partial charge in [-0.3, -0.25) is 4.68 Å². The van der Waals surface area contributed by atoms with E-state index in [4.69, 9.17) is 9.84 Å². The summed E-state index contributed by atoms with van der Waals surface area (Å²) in [5.74, 6) is -0.370. The molecule has 3 aromatic rings. The Bertz CT molecular complexity index is 1240. The van der Waals surface area contributed by atoms with Gasteiger partial charge >= 0.3 is 6.18 Å². The van der Waals surface area contributed by atoms with Crippen molar-refractivity contribution in [3.8, 4) is 5.88 Å². The molecule has 1 saturated heterocycles. The van der Waals surface area contributed by atoms with Crippen LogP contribution in [0.2, 0.25) is 0 Å². The Hall–Kier alpha value is -3.15. The van der Waals surface area contributed by atoms with Crippen molar-refractivity contribution in [2.24, 2.45) is 0 Å². The molecule has 0 unspecified atom stereocenters. The van der Waals surface area contributed by atoms with Crippen molar-refractivity contribution < 1.29 is 22.3 Å². The van der Waals surface area contributed by atoms with Crippen molar-refractivity contribution in [3.63, 3.8) is 0 Å². The van der Waals surface area contributed by atoms with Crippen LogP contribution in [0.4, 0.5) is 29.2 Å². The van der Waals surface area contributed by atoms with Gasteiger partial charge in [0.25, 0.3) is 5.88 Å². The molecule has 0 aromatic carbocycles. The lowest BCUT2D eigenvalue weighted by Crippen LogP contribution is -2.30. The molecule has 0 radical (unpaired) electrons. The average Bonchev–Trinajstić information content (AvgIpc) is 3.50. The van der Waals surface area contributed by atoms with Crippen LogP contribution in [0.1, 0.15) is 50.6 Å². The summed E-state index contributed by atoms with van der Waals surface area (Å²) in [6.07, 6.45) is 1.11. The normalized spacial score (nSPS) is 22.5. The largest absolute Gasteiger partial charge is 0.472 e. The van der Waals surface area contributed by atoms with Crippen molar-refractivity contribution in [3.05, 3.63) is 35.9 Å². The molecule has 4 heterocycles. The van der Waals surface area contributed by atoms with E-state index in [-0.39, 0.29) is 6.04 Å². The zero-order valence-electron chi connectivity index (χ0n) is 20.9. The lowest BCUT2D eigenvalue weighted by molar-refractivity contribution is -0.140. The fourth-order valence-electron chi connectivity index (χ4n) is 5.29. The van der Waals surface area contributed by atoms with Crippen molar-refractivity contribution in [2.45, 2.75) is 63.4 Å². The number of halogens is 4. The first-order valence-corrected chi connectivity index (χ1v) is 12.7. The number of hydrogen-bond acceptors (Lipinski definition) is 7. The third-order valence-electron chi connectivity index (χ3n) is 7.26. The van der Waals surface area contributed by atoms with Gasteiger partial charge in [-0.05, 0) is 52.1 Å². The fourth-order valence-corrected chi connectivity index (χ4v) is 5.29. The third kappa shape index (κ3) is 5.16. The molecule has 3 aromatic heterocycles. The van der Waals surface area contributed by atoms with Gasteiger partial charge in [0.05, 0.1) is 22.5 Å². The molecular weight excluding hydrogens is 490 g/mol. The van der Waals surface area contributed by atoms with E-state index >= 15 is 0 Å². The van der Waals surface area contributed by atoms with Gasteiger partial charge in [0, 0.05) is 44.1 Å². The minimum absolute atomic E-state index is 0.0787. The summed E-state index contributed by atoms with van der Waals surface area (Å²) in [6.45, 7) is 4.54. The molecule has 200 valence electrons. The number of pyridine rings is 2. The maximum atomic E-state index is 14.4. The Labute approximate surface area is 212 Å². The highest BCUT2D eigenvalue weighted by Gasteiger charge is 2.37. The lowest BCUT2D eigenvalue weighted by Gasteiger charge is -2.29. The maximum Gasteiger partial charge on any atom is 0.419 e. The van der Waals surface area contributed by atoms with E-state index in [1.807, 2.05) is 26.2 Å². The lowest BCUT2D eigenvalue weighted by atomic mass is 9.93. The van der Waals surface area contributed by atoms with Gasteiger partial charge in [-0.15, -0.1) is 0 Å². The van der Waals surface area contributed by atoms with Crippen LogP contribution in [0.3, 0.4) is 0 Å². The predicted molar refractivity (Wildman–Crippen MR) is 132 cm³/mol. The topological polar surface area (TPSA) is 80.1 Å². The first kappa shape index (κ1) is 25.5. The van der Waals surface area contributed by atoms with Gasteiger partial charge in [-0.2, -0.15) is 18.3 Å². The second kappa shape index (κ2) is 10.3. The molecular formula is C25H31F4N7O. The van der Waals surface area contributed by atoms with Crippen LogP contribution in [0.25, 0.3) is 10.9 Å². The van der Waals surface area contributed by atoms with E-state index in [1.54, 1.807) is 0 Å². The number of hydrogen-bond donors (Lipinski definition) is 2. The first-order chi connectivity index (χ1) is 17.8. The van der Waals surface area contributed by atoms with Crippen molar-refractivity contribution in [1.82, 2.24) is 25.1 Å².